The van der Waals surface area contributed by atoms with Crippen LogP contribution in [0.4, 0.5) is 0 Å². The molecule has 2 fully saturated rings. The van der Waals surface area contributed by atoms with E-state index in [2.05, 4.69) is 0 Å². The molecule has 1 saturated carbocycles. The molecule has 1 amide bonds. The largest absolute Gasteiger partial charge is 0.497 e. The molecule has 1 aromatic carbocycles. The molecule has 1 heterocycles. The average Bonchev–Trinajstić information content (AvgIpc) is 3.11. The van der Waals surface area contributed by atoms with Crippen LogP contribution in [0.5, 0.6) is 5.75 Å². The van der Waals surface area contributed by atoms with Crippen LogP contribution in [0.25, 0.3) is 0 Å². The zero-order chi connectivity index (χ0) is 16.2. The Morgan fingerprint density at radius 1 is 1.00 bits per heavy atom. The second-order valence-corrected chi connectivity index (χ2v) is 6.62. The van der Waals surface area contributed by atoms with Gasteiger partial charge in [-0.2, -0.15) is 0 Å². The summed E-state index contributed by atoms with van der Waals surface area (Å²) < 4.78 is 5.14. The Bertz CT molecular complexity index is 560. The first-order valence-corrected chi connectivity index (χ1v) is 8.69. The van der Waals surface area contributed by atoms with Gasteiger partial charge in [0.15, 0.2) is 5.78 Å². The summed E-state index contributed by atoms with van der Waals surface area (Å²) >= 11 is 0. The molecule has 23 heavy (non-hydrogen) atoms. The first-order valence-electron chi connectivity index (χ1n) is 8.69. The van der Waals surface area contributed by atoms with Crippen molar-refractivity contribution in [3.8, 4) is 5.75 Å². The summed E-state index contributed by atoms with van der Waals surface area (Å²) in [5.41, 5.74) is 0.666. The van der Waals surface area contributed by atoms with Crippen molar-refractivity contribution in [2.24, 2.45) is 5.92 Å². The van der Waals surface area contributed by atoms with Gasteiger partial charge in [-0.25, -0.2) is 0 Å². The number of likely N-dealkylation sites (tertiary alicyclic amines) is 1. The Morgan fingerprint density at radius 3 is 2.35 bits per heavy atom. The maximum Gasteiger partial charge on any atom is 0.226 e. The SMILES string of the molecule is COc1ccc(C(=O)C2CCCN2C(=O)C2CCCCC2)cc1. The minimum absolute atomic E-state index is 0.0642. The molecule has 1 aromatic rings. The van der Waals surface area contributed by atoms with Gasteiger partial charge < -0.3 is 9.64 Å². The molecule has 124 valence electrons. The highest BCUT2D eigenvalue weighted by Crippen LogP contribution is 2.30. The zero-order valence-electron chi connectivity index (χ0n) is 13.8. The molecule has 1 unspecified atom stereocenters. The molecule has 0 spiro atoms. The molecule has 0 bridgehead atoms. The molecule has 1 aliphatic heterocycles. The predicted octanol–water partition coefficient (Wildman–Crippen LogP) is 3.45. The van der Waals surface area contributed by atoms with Crippen molar-refractivity contribution in [3.05, 3.63) is 29.8 Å². The topological polar surface area (TPSA) is 46.6 Å². The molecule has 1 saturated heterocycles. The van der Waals surface area contributed by atoms with E-state index in [0.29, 0.717) is 5.56 Å². The van der Waals surface area contributed by atoms with Gasteiger partial charge in [-0.15, -0.1) is 0 Å². The lowest BCUT2D eigenvalue weighted by molar-refractivity contribution is -0.136. The molecule has 1 aliphatic carbocycles. The Balaban J connectivity index is 1.72. The fourth-order valence-electron chi connectivity index (χ4n) is 3.83. The summed E-state index contributed by atoms with van der Waals surface area (Å²) in [5.74, 6) is 1.14. The summed E-state index contributed by atoms with van der Waals surface area (Å²) in [6.07, 6.45) is 7.19. The van der Waals surface area contributed by atoms with Gasteiger partial charge in [-0.05, 0) is 49.9 Å². The number of nitrogens with zero attached hydrogens (tertiary/aromatic N) is 1. The Morgan fingerprint density at radius 2 is 1.70 bits per heavy atom. The normalized spacial score (nSPS) is 22.1. The number of amides is 1. The molecule has 3 rings (SSSR count). The van der Waals surface area contributed by atoms with Crippen molar-refractivity contribution in [2.45, 2.75) is 51.0 Å². The van der Waals surface area contributed by atoms with E-state index < -0.39 is 0 Å². The first kappa shape index (κ1) is 16.0. The van der Waals surface area contributed by atoms with E-state index in [1.165, 1.54) is 6.42 Å². The van der Waals surface area contributed by atoms with E-state index in [1.54, 1.807) is 31.4 Å². The summed E-state index contributed by atoms with van der Waals surface area (Å²) in [5, 5.41) is 0. The number of ketones is 1. The maximum absolute atomic E-state index is 12.8. The fraction of sp³-hybridized carbons (Fsp3) is 0.579. The Kier molecular flexibility index (Phi) is 4.99. The van der Waals surface area contributed by atoms with Crippen molar-refractivity contribution >= 4 is 11.7 Å². The number of hydrogen-bond acceptors (Lipinski definition) is 3. The van der Waals surface area contributed by atoms with Gasteiger partial charge in [0.25, 0.3) is 0 Å². The van der Waals surface area contributed by atoms with Gasteiger partial charge in [-0.1, -0.05) is 19.3 Å². The summed E-state index contributed by atoms with van der Waals surface area (Å²) in [4.78, 5) is 27.5. The molecule has 0 N–H and O–H groups in total. The lowest BCUT2D eigenvalue weighted by atomic mass is 9.88. The van der Waals surface area contributed by atoms with Crippen molar-refractivity contribution in [1.82, 2.24) is 4.90 Å². The number of hydrogen-bond donors (Lipinski definition) is 0. The molecule has 4 nitrogen and oxygen atoms in total. The molecule has 1 atom stereocenters. The smallest absolute Gasteiger partial charge is 0.226 e. The number of ether oxygens (including phenoxy) is 1. The number of benzene rings is 1. The second-order valence-electron chi connectivity index (χ2n) is 6.62. The third-order valence-corrected chi connectivity index (χ3v) is 5.17. The van der Waals surface area contributed by atoms with Crippen LogP contribution >= 0.6 is 0 Å². The number of methoxy groups -OCH3 is 1. The third-order valence-electron chi connectivity index (χ3n) is 5.17. The van der Waals surface area contributed by atoms with Crippen LogP contribution in [-0.2, 0) is 4.79 Å². The Labute approximate surface area is 137 Å². The van der Waals surface area contributed by atoms with Gasteiger partial charge in [-0.3, -0.25) is 9.59 Å². The van der Waals surface area contributed by atoms with E-state index in [4.69, 9.17) is 4.74 Å². The van der Waals surface area contributed by atoms with E-state index in [-0.39, 0.29) is 23.7 Å². The first-order chi connectivity index (χ1) is 11.2. The van der Waals surface area contributed by atoms with Crippen LogP contribution in [0.2, 0.25) is 0 Å². The summed E-state index contributed by atoms with van der Waals surface area (Å²) in [6.45, 7) is 0.724. The molecule has 0 aromatic heterocycles. The highest BCUT2D eigenvalue weighted by atomic mass is 16.5. The average molecular weight is 315 g/mol. The van der Waals surface area contributed by atoms with E-state index in [1.807, 2.05) is 4.90 Å². The maximum atomic E-state index is 12.8. The Hall–Kier alpha value is -1.84. The van der Waals surface area contributed by atoms with Crippen LogP contribution in [-0.4, -0.2) is 36.3 Å². The monoisotopic (exact) mass is 315 g/mol. The second kappa shape index (κ2) is 7.16. The van der Waals surface area contributed by atoms with Crippen molar-refractivity contribution in [3.63, 3.8) is 0 Å². The minimum Gasteiger partial charge on any atom is -0.497 e. The van der Waals surface area contributed by atoms with E-state index in [9.17, 15) is 9.59 Å². The van der Waals surface area contributed by atoms with Gasteiger partial charge in [0, 0.05) is 18.0 Å². The van der Waals surface area contributed by atoms with Crippen LogP contribution in [0.1, 0.15) is 55.3 Å². The summed E-state index contributed by atoms with van der Waals surface area (Å²) in [7, 11) is 1.61. The zero-order valence-corrected chi connectivity index (χ0v) is 13.8. The lowest BCUT2D eigenvalue weighted by Crippen LogP contribution is -2.44. The number of carbonyl (C=O) groups excluding carboxylic acids is 2. The van der Waals surface area contributed by atoms with Crippen LogP contribution in [0.3, 0.4) is 0 Å². The van der Waals surface area contributed by atoms with Gasteiger partial charge in [0.1, 0.15) is 5.75 Å². The number of Topliss-reactive ketones (excluding diaryl/α,β-unsaturated/α-hetero) is 1. The van der Waals surface area contributed by atoms with Gasteiger partial charge >= 0.3 is 0 Å². The summed E-state index contributed by atoms with van der Waals surface area (Å²) in [6, 6.07) is 6.91. The molecule has 0 radical (unpaired) electrons. The van der Waals surface area contributed by atoms with E-state index >= 15 is 0 Å². The van der Waals surface area contributed by atoms with Crippen LogP contribution in [0, 0.1) is 5.92 Å². The molecular formula is C19H25NO3. The highest BCUT2D eigenvalue weighted by Gasteiger charge is 2.37. The van der Waals surface area contributed by atoms with Crippen LogP contribution in [0.15, 0.2) is 24.3 Å². The minimum atomic E-state index is -0.280. The third kappa shape index (κ3) is 3.41. The predicted molar refractivity (Wildman–Crippen MR) is 88.6 cm³/mol. The van der Waals surface area contributed by atoms with E-state index in [0.717, 1.165) is 50.8 Å². The van der Waals surface area contributed by atoms with Crippen molar-refractivity contribution in [1.29, 1.82) is 0 Å². The molecular weight excluding hydrogens is 290 g/mol. The standard InChI is InChI=1S/C19H25NO3/c1-23-16-11-9-14(10-12-16)18(21)17-8-5-13-20(17)19(22)15-6-3-2-4-7-15/h9-12,15,17H,2-8,13H2,1H3. The van der Waals surface area contributed by atoms with Gasteiger partial charge in [0.2, 0.25) is 5.91 Å². The van der Waals surface area contributed by atoms with Crippen molar-refractivity contribution < 1.29 is 14.3 Å². The van der Waals surface area contributed by atoms with Gasteiger partial charge in [0.05, 0.1) is 13.2 Å². The van der Waals surface area contributed by atoms with Crippen molar-refractivity contribution in [2.75, 3.05) is 13.7 Å². The number of carbonyl (C=O) groups is 2. The molecule has 2 aliphatic rings. The lowest BCUT2D eigenvalue weighted by Gasteiger charge is -2.30. The fourth-order valence-corrected chi connectivity index (χ4v) is 3.83. The molecule has 4 heteroatoms. The highest BCUT2D eigenvalue weighted by molar-refractivity contribution is 6.02. The van der Waals surface area contributed by atoms with Crippen LogP contribution < -0.4 is 4.74 Å². The quantitative estimate of drug-likeness (QED) is 0.800. The number of rotatable bonds is 4.